The van der Waals surface area contributed by atoms with E-state index in [2.05, 4.69) is 22.5 Å². The van der Waals surface area contributed by atoms with Gasteiger partial charge in [0.25, 0.3) is 0 Å². The Balaban J connectivity index is 1.81. The molecule has 2 aliphatic rings. The first-order valence-corrected chi connectivity index (χ1v) is 8.11. The predicted octanol–water partition coefficient (Wildman–Crippen LogP) is 3.46. The lowest BCUT2D eigenvalue weighted by Gasteiger charge is -2.27. The number of carboxylic acid groups (broad SMARTS) is 1. The predicted molar refractivity (Wildman–Crippen MR) is 86.6 cm³/mol. The number of nitrogens with zero attached hydrogens (tertiary/aromatic N) is 3. The van der Waals surface area contributed by atoms with Crippen LogP contribution in [0.4, 0.5) is 4.79 Å². The second kappa shape index (κ2) is 5.14. The van der Waals surface area contributed by atoms with Crippen molar-refractivity contribution in [2.75, 3.05) is 13.1 Å². The third kappa shape index (κ3) is 2.07. The summed E-state index contributed by atoms with van der Waals surface area (Å²) >= 11 is 1.72. The fourth-order valence-electron chi connectivity index (χ4n) is 3.08. The van der Waals surface area contributed by atoms with Gasteiger partial charge in [0.2, 0.25) is 0 Å². The number of hydrogen-bond acceptors (Lipinski definition) is 3. The lowest BCUT2D eigenvalue weighted by molar-refractivity contribution is 0.142. The number of thiophene rings is 1. The Bertz CT molecular complexity index is 744. The van der Waals surface area contributed by atoms with Crippen LogP contribution in [0, 0.1) is 0 Å². The number of imidazole rings is 1. The van der Waals surface area contributed by atoms with Crippen molar-refractivity contribution in [3.8, 4) is 0 Å². The van der Waals surface area contributed by atoms with Crippen molar-refractivity contribution in [1.82, 2.24) is 14.5 Å². The highest BCUT2D eigenvalue weighted by Gasteiger charge is 2.25. The average molecular weight is 313 g/mol. The SMILES string of the molecule is O=C(O)N1CCC(=C2c3sccc3C=Cn3ccnc32)CC1. The van der Waals surface area contributed by atoms with E-state index in [9.17, 15) is 4.79 Å². The van der Waals surface area contributed by atoms with Crippen LogP contribution in [-0.2, 0) is 0 Å². The Morgan fingerprint density at radius 2 is 2.14 bits per heavy atom. The fraction of sp³-hybridized carbons (Fsp3) is 0.250. The van der Waals surface area contributed by atoms with Gasteiger partial charge in [0.15, 0.2) is 0 Å². The standard InChI is InChI=1S/C16H15N3O2S/c20-16(21)19-7-1-11(2-8-19)13-14-12(4-10-22-14)3-6-18-9-5-17-15(13)18/h3-6,9-10H,1-2,7-8H2,(H,20,21). The first kappa shape index (κ1) is 13.3. The molecule has 0 radical (unpaired) electrons. The number of piperidine rings is 1. The van der Waals surface area contributed by atoms with Crippen LogP contribution in [0.1, 0.15) is 29.1 Å². The summed E-state index contributed by atoms with van der Waals surface area (Å²) in [5, 5.41) is 11.2. The average Bonchev–Trinajstić information content (AvgIpc) is 3.14. The molecule has 0 spiro atoms. The number of carbonyl (C=O) groups is 1. The second-order valence-corrected chi connectivity index (χ2v) is 6.34. The summed E-state index contributed by atoms with van der Waals surface area (Å²) in [6.45, 7) is 1.12. The highest BCUT2D eigenvalue weighted by molar-refractivity contribution is 7.11. The van der Waals surface area contributed by atoms with Gasteiger partial charge in [0.05, 0.1) is 0 Å². The van der Waals surface area contributed by atoms with Crippen LogP contribution in [-0.4, -0.2) is 38.7 Å². The number of hydrogen-bond donors (Lipinski definition) is 1. The molecule has 0 bridgehead atoms. The molecular formula is C16H15N3O2S. The Kier molecular flexibility index (Phi) is 3.11. The Hall–Kier alpha value is -2.34. The van der Waals surface area contributed by atoms with Gasteiger partial charge < -0.3 is 14.6 Å². The van der Waals surface area contributed by atoms with Crippen LogP contribution in [0.15, 0.2) is 29.4 Å². The smallest absolute Gasteiger partial charge is 0.407 e. The van der Waals surface area contributed by atoms with Crippen LogP contribution >= 0.6 is 11.3 Å². The molecule has 2 aromatic rings. The van der Waals surface area contributed by atoms with E-state index in [1.54, 1.807) is 11.3 Å². The Labute approximate surface area is 131 Å². The summed E-state index contributed by atoms with van der Waals surface area (Å²) in [6, 6.07) is 2.12. The van der Waals surface area contributed by atoms with Crippen LogP contribution < -0.4 is 0 Å². The maximum Gasteiger partial charge on any atom is 0.407 e. The van der Waals surface area contributed by atoms with Crippen LogP contribution in [0.2, 0.25) is 0 Å². The number of aromatic nitrogens is 2. The zero-order chi connectivity index (χ0) is 15.1. The molecule has 2 aliphatic heterocycles. The van der Waals surface area contributed by atoms with E-state index in [0.29, 0.717) is 13.1 Å². The molecule has 1 saturated heterocycles. The molecular weight excluding hydrogens is 298 g/mol. The zero-order valence-electron chi connectivity index (χ0n) is 11.9. The Morgan fingerprint density at radius 1 is 1.32 bits per heavy atom. The summed E-state index contributed by atoms with van der Waals surface area (Å²) in [7, 11) is 0. The van der Waals surface area contributed by atoms with Crippen molar-refractivity contribution >= 4 is 35.3 Å². The van der Waals surface area contributed by atoms with Gasteiger partial charge in [-0.2, -0.15) is 0 Å². The number of amides is 1. The van der Waals surface area contributed by atoms with Crippen molar-refractivity contribution in [3.05, 3.63) is 45.7 Å². The molecule has 0 saturated carbocycles. The molecule has 1 fully saturated rings. The van der Waals surface area contributed by atoms with Gasteiger partial charge in [-0.05, 0) is 35.9 Å². The largest absolute Gasteiger partial charge is 0.465 e. The monoisotopic (exact) mass is 313 g/mol. The van der Waals surface area contributed by atoms with E-state index < -0.39 is 6.09 Å². The minimum atomic E-state index is -0.829. The van der Waals surface area contributed by atoms with Gasteiger partial charge in [0, 0.05) is 42.1 Å². The molecule has 2 aromatic heterocycles. The summed E-state index contributed by atoms with van der Waals surface area (Å²) in [4.78, 5) is 18.4. The minimum absolute atomic E-state index is 0.559. The van der Waals surface area contributed by atoms with Crippen molar-refractivity contribution in [2.45, 2.75) is 12.8 Å². The van der Waals surface area contributed by atoms with E-state index in [1.807, 2.05) is 23.2 Å². The van der Waals surface area contributed by atoms with Gasteiger partial charge in [-0.15, -0.1) is 11.3 Å². The fourth-order valence-corrected chi connectivity index (χ4v) is 4.06. The highest BCUT2D eigenvalue weighted by atomic mass is 32.1. The van der Waals surface area contributed by atoms with E-state index in [4.69, 9.17) is 5.11 Å². The molecule has 6 heteroatoms. The van der Waals surface area contributed by atoms with Crippen LogP contribution in [0.5, 0.6) is 0 Å². The normalized spacial score (nSPS) is 17.2. The van der Waals surface area contributed by atoms with E-state index in [1.165, 1.54) is 26.5 Å². The highest BCUT2D eigenvalue weighted by Crippen LogP contribution is 2.38. The van der Waals surface area contributed by atoms with E-state index >= 15 is 0 Å². The van der Waals surface area contributed by atoms with E-state index in [-0.39, 0.29) is 0 Å². The first-order chi connectivity index (χ1) is 10.7. The summed E-state index contributed by atoms with van der Waals surface area (Å²) in [6.07, 6.45) is 8.62. The van der Waals surface area contributed by atoms with Gasteiger partial charge in [-0.1, -0.05) is 5.57 Å². The molecule has 22 heavy (non-hydrogen) atoms. The van der Waals surface area contributed by atoms with Crippen molar-refractivity contribution in [3.63, 3.8) is 0 Å². The molecule has 1 amide bonds. The molecule has 1 N–H and O–H groups in total. The van der Waals surface area contributed by atoms with Crippen molar-refractivity contribution in [1.29, 1.82) is 0 Å². The molecule has 0 aliphatic carbocycles. The number of fused-ring (bicyclic) bond motifs is 2. The lowest BCUT2D eigenvalue weighted by Crippen LogP contribution is -2.35. The molecule has 0 unspecified atom stereocenters. The van der Waals surface area contributed by atoms with Crippen molar-refractivity contribution < 1.29 is 9.90 Å². The van der Waals surface area contributed by atoms with E-state index in [0.717, 1.165) is 18.7 Å². The maximum atomic E-state index is 11.1. The molecule has 5 nitrogen and oxygen atoms in total. The first-order valence-electron chi connectivity index (χ1n) is 7.23. The lowest BCUT2D eigenvalue weighted by atomic mass is 9.95. The summed E-state index contributed by atoms with van der Waals surface area (Å²) in [5.74, 6) is 0.955. The van der Waals surface area contributed by atoms with Gasteiger partial charge >= 0.3 is 6.09 Å². The van der Waals surface area contributed by atoms with Gasteiger partial charge in [-0.3, -0.25) is 0 Å². The van der Waals surface area contributed by atoms with Crippen LogP contribution in [0.3, 0.4) is 0 Å². The quantitative estimate of drug-likeness (QED) is 0.691. The second-order valence-electron chi connectivity index (χ2n) is 5.43. The minimum Gasteiger partial charge on any atom is -0.465 e. The zero-order valence-corrected chi connectivity index (χ0v) is 12.7. The molecule has 4 rings (SSSR count). The third-order valence-corrected chi connectivity index (χ3v) is 5.17. The van der Waals surface area contributed by atoms with Crippen LogP contribution in [0.25, 0.3) is 17.8 Å². The van der Waals surface area contributed by atoms with Gasteiger partial charge in [-0.25, -0.2) is 9.78 Å². The third-order valence-electron chi connectivity index (χ3n) is 4.22. The molecule has 0 aromatic carbocycles. The molecule has 0 atom stereocenters. The number of likely N-dealkylation sites (tertiary alicyclic amines) is 1. The maximum absolute atomic E-state index is 11.1. The molecule has 4 heterocycles. The summed E-state index contributed by atoms with van der Waals surface area (Å²) in [5.41, 5.74) is 3.70. The topological polar surface area (TPSA) is 58.4 Å². The van der Waals surface area contributed by atoms with Gasteiger partial charge in [0.1, 0.15) is 5.82 Å². The number of rotatable bonds is 0. The Morgan fingerprint density at radius 3 is 2.91 bits per heavy atom. The summed E-state index contributed by atoms with van der Waals surface area (Å²) < 4.78 is 2.04. The molecule has 112 valence electrons. The van der Waals surface area contributed by atoms with Crippen molar-refractivity contribution in [2.24, 2.45) is 0 Å².